The maximum atomic E-state index is 12.8. The molecule has 1 aromatic carbocycles. The minimum Gasteiger partial charge on any atom is -0.384 e. The van der Waals surface area contributed by atoms with Gasteiger partial charge in [-0.1, -0.05) is 37.7 Å². The molecular formula is C20H23N5O3S. The van der Waals surface area contributed by atoms with Crippen LogP contribution in [-0.4, -0.2) is 30.6 Å². The van der Waals surface area contributed by atoms with Gasteiger partial charge in [-0.3, -0.25) is 23.7 Å². The summed E-state index contributed by atoms with van der Waals surface area (Å²) in [6.07, 6.45) is 3.46. The number of carbonyl (C=O) groups excluding carboxylic acids is 1. The van der Waals surface area contributed by atoms with Crippen LogP contribution in [-0.2, 0) is 6.54 Å². The Balaban J connectivity index is 1.85. The molecule has 2 aromatic heterocycles. The minimum atomic E-state index is -0.764. The van der Waals surface area contributed by atoms with Crippen LogP contribution in [0.2, 0.25) is 0 Å². The highest BCUT2D eigenvalue weighted by molar-refractivity contribution is 7.99. The topological polar surface area (TPSA) is 116 Å². The Hall–Kier alpha value is -3.07. The average molecular weight is 414 g/mol. The molecule has 0 aliphatic rings. The van der Waals surface area contributed by atoms with Crippen molar-refractivity contribution in [3.8, 4) is 5.69 Å². The molecule has 3 rings (SSSR count). The van der Waals surface area contributed by atoms with Gasteiger partial charge in [0.15, 0.2) is 10.9 Å². The molecule has 0 amide bonds. The van der Waals surface area contributed by atoms with Gasteiger partial charge in [-0.2, -0.15) is 0 Å². The van der Waals surface area contributed by atoms with E-state index < -0.39 is 17.0 Å². The van der Waals surface area contributed by atoms with Crippen LogP contribution >= 0.6 is 11.8 Å². The third kappa shape index (κ3) is 4.51. The van der Waals surface area contributed by atoms with Crippen LogP contribution in [0.1, 0.15) is 29.8 Å². The van der Waals surface area contributed by atoms with Gasteiger partial charge in [0.25, 0.3) is 5.56 Å². The Morgan fingerprint density at radius 2 is 2.07 bits per heavy atom. The predicted molar refractivity (Wildman–Crippen MR) is 114 cm³/mol. The zero-order valence-corrected chi connectivity index (χ0v) is 17.3. The summed E-state index contributed by atoms with van der Waals surface area (Å²) in [4.78, 5) is 43.5. The van der Waals surface area contributed by atoms with Crippen molar-refractivity contribution in [1.82, 2.24) is 19.1 Å². The van der Waals surface area contributed by atoms with Gasteiger partial charge in [-0.15, -0.1) is 0 Å². The number of ketones is 1. The number of benzene rings is 1. The summed E-state index contributed by atoms with van der Waals surface area (Å²) >= 11 is 1.21. The second-order valence-corrected chi connectivity index (χ2v) is 8.10. The normalized spacial score (nSPS) is 11.2. The maximum Gasteiger partial charge on any atom is 0.329 e. The fraction of sp³-hybridized carbons (Fsp3) is 0.300. The largest absolute Gasteiger partial charge is 0.384 e. The fourth-order valence-corrected chi connectivity index (χ4v) is 3.82. The maximum absolute atomic E-state index is 12.8. The quantitative estimate of drug-likeness (QED) is 0.453. The molecule has 9 heteroatoms. The molecule has 0 spiro atoms. The van der Waals surface area contributed by atoms with Crippen LogP contribution in [0.15, 0.2) is 51.4 Å². The van der Waals surface area contributed by atoms with Crippen LogP contribution in [0, 0.1) is 12.8 Å². The van der Waals surface area contributed by atoms with E-state index in [1.54, 1.807) is 6.20 Å². The monoisotopic (exact) mass is 413 g/mol. The SMILES string of the molecule is Cc1cccc(-n2ccnc2SCC(=O)c2c(N)n(CC(C)C)c(=O)[nH]c2=O)c1. The lowest BCUT2D eigenvalue weighted by atomic mass is 10.2. The number of anilines is 1. The van der Waals surface area contributed by atoms with E-state index in [0.717, 1.165) is 11.3 Å². The highest BCUT2D eigenvalue weighted by Crippen LogP contribution is 2.22. The third-order valence-corrected chi connectivity index (χ3v) is 5.25. The lowest BCUT2D eigenvalue weighted by Crippen LogP contribution is -2.37. The number of nitrogens with two attached hydrogens (primary N) is 1. The summed E-state index contributed by atoms with van der Waals surface area (Å²) in [6.45, 7) is 6.14. The summed E-state index contributed by atoms with van der Waals surface area (Å²) in [6, 6.07) is 7.91. The third-order valence-electron chi connectivity index (χ3n) is 4.29. The Kier molecular flexibility index (Phi) is 6.07. The molecule has 0 bridgehead atoms. The van der Waals surface area contributed by atoms with Gasteiger partial charge < -0.3 is 5.73 Å². The van der Waals surface area contributed by atoms with Crippen LogP contribution in [0.4, 0.5) is 5.82 Å². The zero-order chi connectivity index (χ0) is 21.1. The van der Waals surface area contributed by atoms with Crippen LogP contribution in [0.3, 0.4) is 0 Å². The second-order valence-electron chi connectivity index (χ2n) is 7.15. The first-order valence-corrected chi connectivity index (χ1v) is 10.2. The number of H-pyrrole nitrogens is 1. The van der Waals surface area contributed by atoms with Gasteiger partial charge in [0.1, 0.15) is 11.4 Å². The molecule has 0 radical (unpaired) electrons. The number of carbonyl (C=O) groups is 1. The first-order valence-electron chi connectivity index (χ1n) is 9.17. The minimum absolute atomic E-state index is 0.0318. The predicted octanol–water partition coefficient (Wildman–Crippen LogP) is 2.24. The van der Waals surface area contributed by atoms with E-state index in [2.05, 4.69) is 9.97 Å². The molecule has 8 nitrogen and oxygen atoms in total. The number of aryl methyl sites for hydroxylation is 1. The van der Waals surface area contributed by atoms with Crippen molar-refractivity contribution >= 4 is 23.4 Å². The number of rotatable bonds is 7. The number of thioether (sulfide) groups is 1. The molecule has 0 saturated heterocycles. The summed E-state index contributed by atoms with van der Waals surface area (Å²) in [5.41, 5.74) is 6.49. The number of Topliss-reactive ketones (excluding diaryl/α,β-unsaturated/α-hetero) is 1. The molecule has 0 saturated carbocycles. The number of imidazole rings is 1. The van der Waals surface area contributed by atoms with Crippen molar-refractivity contribution in [1.29, 1.82) is 0 Å². The summed E-state index contributed by atoms with van der Waals surface area (Å²) < 4.78 is 3.11. The van der Waals surface area contributed by atoms with E-state index in [-0.39, 0.29) is 23.1 Å². The Bertz CT molecular complexity index is 1160. The average Bonchev–Trinajstić information content (AvgIpc) is 3.12. The number of aromatic nitrogens is 4. The Morgan fingerprint density at radius 3 is 2.76 bits per heavy atom. The fourth-order valence-electron chi connectivity index (χ4n) is 2.98. The lowest BCUT2D eigenvalue weighted by molar-refractivity contribution is 0.102. The van der Waals surface area contributed by atoms with Gasteiger partial charge in [-0.05, 0) is 30.5 Å². The number of nitrogen functional groups attached to an aromatic ring is 1. The number of aromatic amines is 1. The van der Waals surface area contributed by atoms with E-state index in [1.165, 1.54) is 16.3 Å². The van der Waals surface area contributed by atoms with E-state index in [9.17, 15) is 14.4 Å². The van der Waals surface area contributed by atoms with E-state index >= 15 is 0 Å². The molecule has 0 fully saturated rings. The van der Waals surface area contributed by atoms with Gasteiger partial charge in [0, 0.05) is 24.6 Å². The van der Waals surface area contributed by atoms with Crippen LogP contribution in [0.5, 0.6) is 0 Å². The number of hydrogen-bond donors (Lipinski definition) is 2. The first kappa shape index (κ1) is 20.7. The molecule has 0 atom stereocenters. The smallest absolute Gasteiger partial charge is 0.329 e. The Labute approximate surface area is 171 Å². The molecular weight excluding hydrogens is 390 g/mol. The van der Waals surface area contributed by atoms with E-state index in [1.807, 2.05) is 55.8 Å². The molecule has 152 valence electrons. The highest BCUT2D eigenvalue weighted by atomic mass is 32.2. The molecule has 3 aromatic rings. The Morgan fingerprint density at radius 1 is 1.31 bits per heavy atom. The van der Waals surface area contributed by atoms with Crippen molar-refractivity contribution in [2.24, 2.45) is 5.92 Å². The number of nitrogens with one attached hydrogen (secondary N) is 1. The van der Waals surface area contributed by atoms with Gasteiger partial charge in [-0.25, -0.2) is 9.78 Å². The molecule has 3 N–H and O–H groups in total. The van der Waals surface area contributed by atoms with Crippen molar-refractivity contribution in [2.75, 3.05) is 11.5 Å². The highest BCUT2D eigenvalue weighted by Gasteiger charge is 2.20. The molecule has 0 unspecified atom stereocenters. The van der Waals surface area contributed by atoms with Crippen molar-refractivity contribution in [3.05, 3.63) is 68.6 Å². The summed E-state index contributed by atoms with van der Waals surface area (Å²) in [5.74, 6) is -0.458. The standard InChI is InChI=1S/C20H23N5O3S/c1-12(2)10-25-17(21)16(18(27)23-19(25)28)15(26)11-29-20-22-7-8-24(20)14-6-4-5-13(3)9-14/h4-9,12H,10-11,21H2,1-3H3,(H,23,27,28). The van der Waals surface area contributed by atoms with Crippen molar-refractivity contribution < 1.29 is 4.79 Å². The van der Waals surface area contributed by atoms with E-state index in [4.69, 9.17) is 5.73 Å². The molecule has 29 heavy (non-hydrogen) atoms. The first-order chi connectivity index (χ1) is 13.8. The van der Waals surface area contributed by atoms with Gasteiger partial charge in [0.2, 0.25) is 0 Å². The summed E-state index contributed by atoms with van der Waals surface area (Å²) in [7, 11) is 0. The second kappa shape index (κ2) is 8.52. The van der Waals surface area contributed by atoms with Crippen molar-refractivity contribution in [3.63, 3.8) is 0 Å². The molecule has 0 aliphatic heterocycles. The van der Waals surface area contributed by atoms with Crippen LogP contribution < -0.4 is 17.0 Å². The lowest BCUT2D eigenvalue weighted by Gasteiger charge is -2.14. The van der Waals surface area contributed by atoms with Gasteiger partial charge in [0.05, 0.1) is 5.75 Å². The zero-order valence-electron chi connectivity index (χ0n) is 16.5. The number of hydrogen-bond acceptors (Lipinski definition) is 6. The van der Waals surface area contributed by atoms with Crippen molar-refractivity contribution in [2.45, 2.75) is 32.5 Å². The summed E-state index contributed by atoms with van der Waals surface area (Å²) in [5, 5.41) is 0.620. The van der Waals surface area contributed by atoms with Crippen LogP contribution in [0.25, 0.3) is 5.69 Å². The number of nitrogens with zero attached hydrogens (tertiary/aromatic N) is 3. The molecule has 0 aliphatic carbocycles. The van der Waals surface area contributed by atoms with E-state index in [0.29, 0.717) is 11.7 Å². The molecule has 2 heterocycles. The van der Waals surface area contributed by atoms with Gasteiger partial charge >= 0.3 is 5.69 Å².